The monoisotopic (exact) mass is 648 g/mol. The number of carbonyl (C=O) groups is 1. The quantitative estimate of drug-likeness (QED) is 0.114. The lowest BCUT2D eigenvalue weighted by molar-refractivity contribution is -0.0273. The summed E-state index contributed by atoms with van der Waals surface area (Å²) in [4.78, 5) is 13.9. The van der Waals surface area contributed by atoms with Gasteiger partial charge in [-0.2, -0.15) is 0 Å². The Hall–Kier alpha value is -0.736. The number of esters is 1. The van der Waals surface area contributed by atoms with Crippen molar-refractivity contribution in [2.24, 2.45) is 17.3 Å². The number of methoxy groups -OCH3 is 1. The normalized spacial score (nSPS) is 23.9. The number of rotatable bonds is 14. The fourth-order valence-corrected chi connectivity index (χ4v) is 10.3. The third-order valence-electron chi connectivity index (χ3n) is 11.8. The van der Waals surface area contributed by atoms with Gasteiger partial charge < -0.3 is 13.6 Å². The first-order chi connectivity index (χ1) is 19.9. The Morgan fingerprint density at radius 3 is 2.23 bits per heavy atom. The summed E-state index contributed by atoms with van der Waals surface area (Å²) in [6.07, 6.45) is 17.6. The van der Waals surface area contributed by atoms with E-state index in [1.54, 1.807) is 11.3 Å². The highest BCUT2D eigenvalue weighted by atomic mass is 32.1. The van der Waals surface area contributed by atoms with Crippen molar-refractivity contribution in [3.05, 3.63) is 34.0 Å². The molecule has 246 valence electrons. The predicted molar refractivity (Wildman–Crippen MR) is 189 cm³/mol. The predicted octanol–water partition coefficient (Wildman–Crippen LogP) is 11.2. The molecule has 0 aromatic carbocycles. The molecule has 4 nitrogen and oxygen atoms in total. The molecule has 43 heavy (non-hydrogen) atoms. The lowest BCUT2D eigenvalue weighted by Gasteiger charge is -2.51. The molecule has 2 fully saturated rings. The number of thiophene rings is 1. The number of carbonyl (C=O) groups excluding carboxylic acids is 1. The first kappa shape index (κ1) is 36.7. The summed E-state index contributed by atoms with van der Waals surface area (Å²) in [5.74, 6) is 0.857. The van der Waals surface area contributed by atoms with Crippen LogP contribution < -0.4 is 0 Å². The van der Waals surface area contributed by atoms with E-state index in [0.717, 1.165) is 25.7 Å². The van der Waals surface area contributed by atoms with Gasteiger partial charge in [0, 0.05) is 10.8 Å². The first-order valence-corrected chi connectivity index (χ1v) is 23.7. The van der Waals surface area contributed by atoms with Gasteiger partial charge >= 0.3 is 5.97 Å². The van der Waals surface area contributed by atoms with Gasteiger partial charge in [0.2, 0.25) is 0 Å². The van der Waals surface area contributed by atoms with Gasteiger partial charge in [-0.05, 0) is 118 Å². The van der Waals surface area contributed by atoms with Gasteiger partial charge in [0.05, 0.1) is 19.3 Å². The van der Waals surface area contributed by atoms with Gasteiger partial charge in [-0.1, -0.05) is 67.0 Å². The fourth-order valence-electron chi connectivity index (χ4n) is 6.49. The fraction of sp³-hybridized carbons (Fsp3) is 0.806. The van der Waals surface area contributed by atoms with Crippen molar-refractivity contribution in [3.8, 4) is 0 Å². The largest absolute Gasteiger partial charge is 0.465 e. The van der Waals surface area contributed by atoms with Crippen molar-refractivity contribution >= 4 is 33.9 Å². The second kappa shape index (κ2) is 14.4. The summed E-state index contributed by atoms with van der Waals surface area (Å²) >= 11 is 1.58. The lowest BCUT2D eigenvalue weighted by atomic mass is 9.63. The Morgan fingerprint density at radius 1 is 1.05 bits per heavy atom. The molecule has 2 saturated carbocycles. The number of hydrogen-bond acceptors (Lipinski definition) is 5. The molecular weight excluding hydrogens is 585 g/mol. The summed E-state index contributed by atoms with van der Waals surface area (Å²) < 4.78 is 19.3. The Bertz CT molecular complexity index is 1070. The van der Waals surface area contributed by atoms with E-state index >= 15 is 0 Å². The van der Waals surface area contributed by atoms with Crippen LogP contribution in [0.25, 0.3) is 0 Å². The van der Waals surface area contributed by atoms with E-state index in [9.17, 15) is 4.79 Å². The maximum Gasteiger partial charge on any atom is 0.348 e. The Balaban J connectivity index is 1.77. The smallest absolute Gasteiger partial charge is 0.348 e. The Morgan fingerprint density at radius 2 is 1.70 bits per heavy atom. The highest BCUT2D eigenvalue weighted by Crippen LogP contribution is 2.52. The van der Waals surface area contributed by atoms with Crippen LogP contribution >= 0.6 is 11.3 Å². The molecule has 7 heteroatoms. The zero-order valence-electron chi connectivity index (χ0n) is 29.7. The van der Waals surface area contributed by atoms with E-state index in [1.165, 1.54) is 50.5 Å². The van der Waals surface area contributed by atoms with Gasteiger partial charge in [0.1, 0.15) is 4.88 Å². The van der Waals surface area contributed by atoms with Crippen LogP contribution in [-0.4, -0.2) is 41.9 Å². The summed E-state index contributed by atoms with van der Waals surface area (Å²) in [7, 11) is -2.30. The first-order valence-electron chi connectivity index (χ1n) is 17.0. The Labute approximate surface area is 271 Å². The van der Waals surface area contributed by atoms with E-state index in [-0.39, 0.29) is 16.0 Å². The minimum absolute atomic E-state index is 0.204. The molecule has 1 aromatic rings. The third kappa shape index (κ3) is 8.96. The average molecular weight is 649 g/mol. The molecule has 0 spiro atoms. The number of hydrogen-bond donors (Lipinski definition) is 0. The molecule has 4 atom stereocenters. The van der Waals surface area contributed by atoms with Crippen molar-refractivity contribution in [2.75, 3.05) is 7.11 Å². The SMILES string of the molecule is CCC1(C(CC=C[C@@H]2[C@@H](CCCc3ccc(C(=O)OC)s3)CC[C@H]2O[Si](C)(C)C(C)(C)C)O[Si](C)(C)C(C)(C)C)CCC1. The van der Waals surface area contributed by atoms with Crippen LogP contribution in [0.4, 0.5) is 0 Å². The van der Waals surface area contributed by atoms with Crippen LogP contribution in [0.1, 0.15) is 121 Å². The third-order valence-corrected chi connectivity index (χ3v) is 21.9. The van der Waals surface area contributed by atoms with Crippen LogP contribution in [0.15, 0.2) is 24.3 Å². The standard InChI is InChI=1S/C36H64O4SSi2/c1-13-36(25-16-26-36)32(40-43(11,12)35(5,6)7)20-15-19-29-27(21-23-30(29)39-42(9,10)34(2,3)4)17-14-18-28-22-24-31(41-28)33(37)38-8/h15,19,22,24,27,29-30,32H,13-14,16-18,20-21,23,25-26H2,1-12H3/t27-,29+,30+,32?/m0/s1. The second-order valence-electron chi connectivity index (χ2n) is 16.6. The van der Waals surface area contributed by atoms with Crippen molar-refractivity contribution in [1.29, 1.82) is 0 Å². The highest BCUT2D eigenvalue weighted by molar-refractivity contribution is 7.13. The van der Waals surface area contributed by atoms with Crippen molar-refractivity contribution in [1.82, 2.24) is 0 Å². The zero-order chi connectivity index (χ0) is 32.3. The van der Waals surface area contributed by atoms with E-state index < -0.39 is 16.6 Å². The molecule has 0 aliphatic heterocycles. The van der Waals surface area contributed by atoms with Gasteiger partial charge in [-0.15, -0.1) is 11.3 Å². The maximum atomic E-state index is 11.9. The molecule has 1 unspecified atom stereocenters. The molecule has 0 N–H and O–H groups in total. The van der Waals surface area contributed by atoms with Crippen LogP contribution in [0.2, 0.25) is 36.3 Å². The summed E-state index contributed by atoms with van der Waals surface area (Å²) in [6.45, 7) is 26.2. The molecule has 2 aliphatic rings. The van der Waals surface area contributed by atoms with E-state index in [4.69, 9.17) is 13.6 Å². The van der Waals surface area contributed by atoms with Gasteiger partial charge in [0.25, 0.3) is 0 Å². The summed E-state index contributed by atoms with van der Waals surface area (Å²) in [6, 6.07) is 4.00. The Kier molecular flexibility index (Phi) is 12.3. The van der Waals surface area contributed by atoms with Gasteiger partial charge in [-0.25, -0.2) is 4.79 Å². The van der Waals surface area contributed by atoms with Crippen LogP contribution in [0.3, 0.4) is 0 Å². The van der Waals surface area contributed by atoms with Crippen molar-refractivity contribution in [2.45, 2.75) is 161 Å². The van der Waals surface area contributed by atoms with E-state index in [2.05, 4.69) is 92.9 Å². The van der Waals surface area contributed by atoms with Crippen LogP contribution in [0, 0.1) is 17.3 Å². The van der Waals surface area contributed by atoms with E-state index in [1.807, 2.05) is 6.07 Å². The molecule has 0 saturated heterocycles. The van der Waals surface area contributed by atoms with Crippen molar-refractivity contribution in [3.63, 3.8) is 0 Å². The number of aryl methyl sites for hydroxylation is 1. The molecular formula is C36H64O4SSi2. The molecule has 3 rings (SSSR count). The van der Waals surface area contributed by atoms with Crippen LogP contribution in [-0.2, 0) is 20.0 Å². The topological polar surface area (TPSA) is 44.8 Å². The molecule has 2 aliphatic carbocycles. The van der Waals surface area contributed by atoms with E-state index in [0.29, 0.717) is 34.3 Å². The molecule has 0 bridgehead atoms. The molecule has 1 aromatic heterocycles. The zero-order valence-corrected chi connectivity index (χ0v) is 32.5. The molecule has 0 radical (unpaired) electrons. The minimum atomic E-state index is -1.88. The van der Waals surface area contributed by atoms with Gasteiger partial charge in [-0.3, -0.25) is 0 Å². The summed E-state index contributed by atoms with van der Waals surface area (Å²) in [5.41, 5.74) is 0.343. The minimum Gasteiger partial charge on any atom is -0.465 e. The molecule has 1 heterocycles. The van der Waals surface area contributed by atoms with Crippen molar-refractivity contribution < 1.29 is 18.4 Å². The number of ether oxygens (including phenoxy) is 1. The second-order valence-corrected chi connectivity index (χ2v) is 27.3. The van der Waals surface area contributed by atoms with Crippen LogP contribution in [0.5, 0.6) is 0 Å². The molecule has 0 amide bonds. The highest BCUT2D eigenvalue weighted by Gasteiger charge is 2.48. The maximum absolute atomic E-state index is 11.9. The average Bonchev–Trinajstić information content (AvgIpc) is 3.49. The van der Waals surface area contributed by atoms with Gasteiger partial charge in [0.15, 0.2) is 16.6 Å². The summed E-state index contributed by atoms with van der Waals surface area (Å²) in [5, 5.41) is 0.419. The lowest BCUT2D eigenvalue weighted by Crippen LogP contribution is -2.51.